The number of rotatable bonds is 5. The summed E-state index contributed by atoms with van der Waals surface area (Å²) in [4.78, 5) is 26.1. The van der Waals surface area contributed by atoms with E-state index >= 15 is 0 Å². The van der Waals surface area contributed by atoms with Crippen molar-refractivity contribution in [1.82, 2.24) is 20.0 Å². The zero-order chi connectivity index (χ0) is 26.3. The molecule has 2 atom stereocenters. The second-order valence-electron chi connectivity index (χ2n) is 10.2. The Kier molecular flexibility index (Phi) is 5.32. The van der Waals surface area contributed by atoms with E-state index in [-0.39, 0.29) is 35.8 Å². The maximum absolute atomic E-state index is 13.8. The summed E-state index contributed by atoms with van der Waals surface area (Å²) in [5, 5.41) is 17.8. The first-order chi connectivity index (χ1) is 17.4. The minimum absolute atomic E-state index is 0.0110. The Balaban J connectivity index is 1.04. The molecule has 3 aliphatic carbocycles. The molecule has 3 saturated carbocycles. The average molecular weight is 545 g/mol. The molecule has 1 aromatic heterocycles. The molecule has 198 valence electrons. The first kappa shape index (κ1) is 24.4. The number of aliphatic hydroxyl groups is 1. The number of aliphatic hydroxyl groups excluding tert-OH is 1. The van der Waals surface area contributed by atoms with Gasteiger partial charge in [-0.25, -0.2) is 4.39 Å². The second kappa shape index (κ2) is 8.05. The second-order valence-corrected chi connectivity index (χ2v) is 10.6. The normalized spacial score (nSPS) is 29.5. The zero-order valence-electron chi connectivity index (χ0n) is 19.1. The van der Waals surface area contributed by atoms with Crippen molar-refractivity contribution >= 4 is 23.4 Å². The molecule has 2 amide bonds. The minimum atomic E-state index is -4.87. The van der Waals surface area contributed by atoms with Crippen molar-refractivity contribution in [2.75, 3.05) is 6.61 Å². The molecule has 14 heteroatoms. The van der Waals surface area contributed by atoms with Gasteiger partial charge in [-0.2, -0.15) is 5.10 Å². The molecule has 9 nitrogen and oxygen atoms in total. The highest BCUT2D eigenvalue weighted by Crippen LogP contribution is 2.65. The Morgan fingerprint density at radius 1 is 1.27 bits per heavy atom. The molecule has 37 heavy (non-hydrogen) atoms. The first-order valence-corrected chi connectivity index (χ1v) is 12.0. The van der Waals surface area contributed by atoms with Gasteiger partial charge in [-0.3, -0.25) is 19.0 Å². The van der Waals surface area contributed by atoms with Crippen molar-refractivity contribution in [3.05, 3.63) is 46.0 Å². The summed E-state index contributed by atoms with van der Waals surface area (Å²) in [5.74, 6) is -1.79. The van der Waals surface area contributed by atoms with Gasteiger partial charge in [0, 0.05) is 41.9 Å². The molecule has 7 rings (SSSR count). The number of aromatic nitrogens is 2. The number of nitrogens with zero attached hydrogens (tertiary/aromatic N) is 3. The Hall–Kier alpha value is -2.90. The molecule has 1 aromatic carbocycles. The van der Waals surface area contributed by atoms with Gasteiger partial charge >= 0.3 is 6.36 Å². The van der Waals surface area contributed by atoms with Crippen molar-refractivity contribution in [2.45, 2.75) is 68.4 Å². The molecule has 2 N–H and O–H groups in total. The summed E-state index contributed by atoms with van der Waals surface area (Å²) in [7, 11) is 0. The summed E-state index contributed by atoms with van der Waals surface area (Å²) in [6.07, 6.45) is -3.17. The van der Waals surface area contributed by atoms with Crippen LogP contribution in [0, 0.1) is 5.82 Å². The number of amides is 2. The average Bonchev–Trinajstić information content (AvgIpc) is 3.33. The third-order valence-corrected chi connectivity index (χ3v) is 7.87. The third-order valence-electron chi connectivity index (χ3n) is 7.58. The van der Waals surface area contributed by atoms with Gasteiger partial charge in [-0.15, -0.1) is 13.2 Å². The summed E-state index contributed by atoms with van der Waals surface area (Å²) < 4.78 is 61.5. The quantitative estimate of drug-likeness (QED) is 0.561. The number of carbonyl (C=O) groups excluding carboxylic acids is 2. The molecule has 5 aliphatic rings. The van der Waals surface area contributed by atoms with Crippen molar-refractivity contribution in [2.24, 2.45) is 0 Å². The summed E-state index contributed by atoms with van der Waals surface area (Å²) >= 11 is 5.78. The van der Waals surface area contributed by atoms with Crippen LogP contribution in [0.5, 0.6) is 5.75 Å². The Labute approximate surface area is 212 Å². The Morgan fingerprint density at radius 2 is 2.00 bits per heavy atom. The number of hydrogen-bond acceptors (Lipinski definition) is 6. The largest absolute Gasteiger partial charge is 0.523 e. The van der Waals surface area contributed by atoms with Crippen LogP contribution in [0.15, 0.2) is 18.3 Å². The monoisotopic (exact) mass is 544 g/mol. The predicted octanol–water partition coefficient (Wildman–Crippen LogP) is 2.69. The van der Waals surface area contributed by atoms with Crippen LogP contribution in [0.25, 0.3) is 0 Å². The Morgan fingerprint density at radius 3 is 2.68 bits per heavy atom. The van der Waals surface area contributed by atoms with Crippen LogP contribution in [0.4, 0.5) is 17.6 Å². The highest BCUT2D eigenvalue weighted by atomic mass is 35.5. The van der Waals surface area contributed by atoms with Crippen LogP contribution in [0.2, 0.25) is 5.02 Å². The fourth-order valence-electron chi connectivity index (χ4n) is 5.86. The number of carbonyl (C=O) groups is 2. The predicted molar refractivity (Wildman–Crippen MR) is 117 cm³/mol. The van der Waals surface area contributed by atoms with E-state index in [9.17, 15) is 32.3 Å². The fourth-order valence-corrected chi connectivity index (χ4v) is 6.03. The van der Waals surface area contributed by atoms with Crippen LogP contribution in [0.3, 0.4) is 0 Å². The SMILES string of the molecule is O=C(NC12CC(n3cc4c(n3)CN(C(=O)COC(F)(F)F)C4)(C1)C2)[C@H]1C[C@@H](O)c2cc(Cl)c(F)cc2O1. The lowest BCUT2D eigenvalue weighted by molar-refractivity contribution is -0.321. The van der Waals surface area contributed by atoms with Gasteiger partial charge in [-0.1, -0.05) is 11.6 Å². The number of halogens is 5. The topological polar surface area (TPSA) is 106 Å². The van der Waals surface area contributed by atoms with E-state index in [4.69, 9.17) is 16.3 Å². The van der Waals surface area contributed by atoms with E-state index in [1.807, 2.05) is 4.68 Å². The molecule has 2 aliphatic heterocycles. The maximum atomic E-state index is 13.8. The van der Waals surface area contributed by atoms with Crippen LogP contribution >= 0.6 is 11.6 Å². The first-order valence-electron chi connectivity index (χ1n) is 11.6. The number of hydrogen-bond donors (Lipinski definition) is 2. The van der Waals surface area contributed by atoms with Crippen LogP contribution in [-0.4, -0.2) is 56.2 Å². The number of nitrogens with one attached hydrogen (secondary N) is 1. The third kappa shape index (κ3) is 4.12. The van der Waals surface area contributed by atoms with Crippen molar-refractivity contribution in [3.63, 3.8) is 0 Å². The highest BCUT2D eigenvalue weighted by molar-refractivity contribution is 6.30. The van der Waals surface area contributed by atoms with Gasteiger partial charge in [-0.05, 0) is 25.3 Å². The van der Waals surface area contributed by atoms with Gasteiger partial charge in [0.25, 0.3) is 5.91 Å². The van der Waals surface area contributed by atoms with Gasteiger partial charge in [0.15, 0.2) is 6.10 Å². The molecule has 0 radical (unpaired) electrons. The van der Waals surface area contributed by atoms with Crippen LogP contribution in [0.1, 0.15) is 48.6 Å². The molecule has 2 aromatic rings. The highest BCUT2D eigenvalue weighted by Gasteiger charge is 2.70. The van der Waals surface area contributed by atoms with Crippen LogP contribution < -0.4 is 10.1 Å². The number of ether oxygens (including phenoxy) is 2. The molecule has 3 heterocycles. The van der Waals surface area contributed by atoms with Gasteiger partial charge in [0.2, 0.25) is 5.91 Å². The summed E-state index contributed by atoms with van der Waals surface area (Å²) in [6.45, 7) is -0.813. The van der Waals surface area contributed by atoms with E-state index in [0.29, 0.717) is 30.5 Å². The molecular formula is C23H21ClF4N4O5. The molecule has 3 fully saturated rings. The minimum Gasteiger partial charge on any atom is -0.480 e. The molecule has 0 unspecified atom stereocenters. The number of alkyl halides is 3. The lowest BCUT2D eigenvalue weighted by Crippen LogP contribution is -2.79. The lowest BCUT2D eigenvalue weighted by atomic mass is 9.44. The van der Waals surface area contributed by atoms with Gasteiger partial charge in [0.1, 0.15) is 18.2 Å². The summed E-state index contributed by atoms with van der Waals surface area (Å²) in [6, 6.07) is 2.36. The van der Waals surface area contributed by atoms with Crippen molar-refractivity contribution < 1.29 is 41.7 Å². The van der Waals surface area contributed by atoms with Crippen LogP contribution in [-0.2, 0) is 33.0 Å². The zero-order valence-corrected chi connectivity index (χ0v) is 19.9. The summed E-state index contributed by atoms with van der Waals surface area (Å²) in [5.41, 5.74) is 1.02. The van der Waals surface area contributed by atoms with Crippen molar-refractivity contribution in [3.8, 4) is 5.75 Å². The van der Waals surface area contributed by atoms with Gasteiger partial charge in [0.05, 0.1) is 28.9 Å². The molecule has 0 saturated heterocycles. The standard InChI is InChI=1S/C23H21ClF4N4O5/c24-13-1-12-16(33)3-18(37-17(12)2-14(13)25)20(35)29-21-8-22(9-21,10-21)32-5-11-4-31(6-15(11)30-32)19(34)7-36-23(26,27)28/h1-2,5,16,18,33H,3-4,6-10H2,(H,29,35)/t16-,18-,21?,22?/m1/s1. The molecule has 2 bridgehead atoms. The Bertz CT molecular complexity index is 1270. The fraction of sp³-hybridized carbons (Fsp3) is 0.522. The van der Waals surface area contributed by atoms with E-state index in [2.05, 4.69) is 15.2 Å². The molecular weight excluding hydrogens is 524 g/mol. The van der Waals surface area contributed by atoms with Gasteiger partial charge < -0.3 is 20.1 Å². The lowest BCUT2D eigenvalue weighted by Gasteiger charge is -2.70. The van der Waals surface area contributed by atoms with Crippen molar-refractivity contribution in [1.29, 1.82) is 0 Å². The maximum Gasteiger partial charge on any atom is 0.523 e. The number of fused-ring (bicyclic) bond motifs is 2. The molecule has 0 spiro atoms. The number of benzene rings is 1. The van der Waals surface area contributed by atoms with E-state index in [1.165, 1.54) is 11.0 Å². The van der Waals surface area contributed by atoms with E-state index in [1.54, 1.807) is 6.20 Å². The van der Waals surface area contributed by atoms with E-state index in [0.717, 1.165) is 11.6 Å². The smallest absolute Gasteiger partial charge is 0.480 e. The van der Waals surface area contributed by atoms with E-state index < -0.39 is 48.3 Å².